The van der Waals surface area contributed by atoms with E-state index in [0.29, 0.717) is 24.3 Å². The Kier molecular flexibility index (Phi) is 3.12. The normalized spacial score (nSPS) is 10.7. The molecule has 0 amide bonds. The lowest BCUT2D eigenvalue weighted by molar-refractivity contribution is 0.111. The molecule has 2 heterocycles. The lowest BCUT2D eigenvalue weighted by Gasteiger charge is -2.05. The Morgan fingerprint density at radius 2 is 2.05 bits per heavy atom. The summed E-state index contributed by atoms with van der Waals surface area (Å²) >= 11 is 0. The Bertz CT molecular complexity index is 717. The second-order valence-corrected chi connectivity index (χ2v) is 4.20. The minimum atomic E-state index is -0.299. The predicted molar refractivity (Wildman–Crippen MR) is 68.6 cm³/mol. The highest BCUT2D eigenvalue weighted by atomic mass is 19.1. The summed E-state index contributed by atoms with van der Waals surface area (Å²) in [5.41, 5.74) is 1.57. The van der Waals surface area contributed by atoms with Crippen LogP contribution in [0.4, 0.5) is 4.39 Å². The highest BCUT2D eigenvalue weighted by Crippen LogP contribution is 2.22. The zero-order valence-electron chi connectivity index (χ0n) is 10.4. The number of benzene rings is 1. The van der Waals surface area contributed by atoms with Crippen molar-refractivity contribution >= 4 is 6.29 Å². The topological polar surface area (TPSA) is 60.9 Å². The fourth-order valence-corrected chi connectivity index (χ4v) is 1.95. The van der Waals surface area contributed by atoms with Crippen molar-refractivity contribution in [2.75, 3.05) is 0 Å². The maximum absolute atomic E-state index is 12.9. The lowest BCUT2D eigenvalue weighted by atomic mass is 10.2. The number of carbonyl (C=O) groups is 1. The summed E-state index contributed by atoms with van der Waals surface area (Å²) in [5.74, 6) is 0.214. The van der Waals surface area contributed by atoms with Crippen LogP contribution in [0.5, 0.6) is 0 Å². The summed E-state index contributed by atoms with van der Waals surface area (Å²) in [6, 6.07) is 9.51. The zero-order chi connectivity index (χ0) is 13.9. The maximum atomic E-state index is 12.9. The summed E-state index contributed by atoms with van der Waals surface area (Å²) < 4.78 is 19.7. The second kappa shape index (κ2) is 5.08. The average Bonchev–Trinajstić information content (AvgIpc) is 3.10. The van der Waals surface area contributed by atoms with Gasteiger partial charge in [-0.25, -0.2) is 9.07 Å². The van der Waals surface area contributed by atoms with E-state index in [9.17, 15) is 9.18 Å². The van der Waals surface area contributed by atoms with Crippen molar-refractivity contribution in [1.29, 1.82) is 0 Å². The monoisotopic (exact) mass is 271 g/mol. The Hall–Kier alpha value is -2.76. The molecule has 0 aliphatic carbocycles. The van der Waals surface area contributed by atoms with Gasteiger partial charge in [0.2, 0.25) is 0 Å². The van der Waals surface area contributed by atoms with Crippen LogP contribution in [-0.4, -0.2) is 21.3 Å². The van der Waals surface area contributed by atoms with E-state index in [-0.39, 0.29) is 11.5 Å². The molecule has 0 saturated carbocycles. The average molecular weight is 271 g/mol. The molecule has 3 rings (SSSR count). The van der Waals surface area contributed by atoms with Crippen molar-refractivity contribution < 1.29 is 13.6 Å². The summed E-state index contributed by atoms with van der Waals surface area (Å²) in [7, 11) is 0. The molecule has 0 spiro atoms. The summed E-state index contributed by atoms with van der Waals surface area (Å²) in [6.07, 6.45) is 2.14. The minimum absolute atomic E-state index is 0.210. The van der Waals surface area contributed by atoms with Crippen molar-refractivity contribution in [2.45, 2.75) is 6.54 Å². The number of nitrogens with zero attached hydrogens (tertiary/aromatic N) is 3. The van der Waals surface area contributed by atoms with Gasteiger partial charge in [0.05, 0.1) is 12.8 Å². The Balaban J connectivity index is 2.00. The van der Waals surface area contributed by atoms with E-state index in [4.69, 9.17) is 4.42 Å². The number of aromatic nitrogens is 3. The highest BCUT2D eigenvalue weighted by Gasteiger charge is 2.16. The molecule has 0 aliphatic rings. The van der Waals surface area contributed by atoms with Crippen LogP contribution in [0.25, 0.3) is 11.5 Å². The van der Waals surface area contributed by atoms with Gasteiger partial charge in [-0.15, -0.1) is 5.10 Å². The number of carbonyl (C=O) groups excluding carboxylic acids is 1. The number of hydrogen-bond donors (Lipinski definition) is 0. The van der Waals surface area contributed by atoms with Gasteiger partial charge >= 0.3 is 0 Å². The van der Waals surface area contributed by atoms with Crippen LogP contribution in [0, 0.1) is 5.82 Å². The van der Waals surface area contributed by atoms with Crippen LogP contribution >= 0.6 is 0 Å². The lowest BCUT2D eigenvalue weighted by Crippen LogP contribution is -2.04. The Morgan fingerprint density at radius 3 is 2.70 bits per heavy atom. The molecule has 2 aromatic heterocycles. The van der Waals surface area contributed by atoms with Gasteiger partial charge in [0, 0.05) is 0 Å². The third-order valence-corrected chi connectivity index (χ3v) is 2.87. The van der Waals surface area contributed by atoms with E-state index in [1.807, 2.05) is 0 Å². The zero-order valence-corrected chi connectivity index (χ0v) is 10.4. The molecule has 0 radical (unpaired) electrons. The maximum Gasteiger partial charge on any atom is 0.172 e. The van der Waals surface area contributed by atoms with E-state index >= 15 is 0 Å². The smallest absolute Gasteiger partial charge is 0.172 e. The standard InChI is InChI=1S/C14H10FN3O2/c15-11-5-3-10(4-6-11)8-18-14(12(9-19)16-17-18)13-2-1-7-20-13/h1-7,9H,8H2. The van der Waals surface area contributed by atoms with Crippen molar-refractivity contribution in [3.63, 3.8) is 0 Å². The second-order valence-electron chi connectivity index (χ2n) is 4.20. The van der Waals surface area contributed by atoms with Crippen molar-refractivity contribution in [2.24, 2.45) is 0 Å². The van der Waals surface area contributed by atoms with E-state index in [1.165, 1.54) is 18.4 Å². The summed E-state index contributed by atoms with van der Waals surface area (Å²) in [6.45, 7) is 0.372. The van der Waals surface area contributed by atoms with Gasteiger partial charge in [-0.1, -0.05) is 17.3 Å². The van der Waals surface area contributed by atoms with Gasteiger partial charge in [-0.05, 0) is 29.8 Å². The van der Waals surface area contributed by atoms with E-state index in [1.54, 1.807) is 28.9 Å². The van der Waals surface area contributed by atoms with Gasteiger partial charge in [-0.2, -0.15) is 0 Å². The van der Waals surface area contributed by atoms with Crippen LogP contribution in [0.1, 0.15) is 16.1 Å². The van der Waals surface area contributed by atoms with Crippen molar-refractivity contribution in [3.05, 3.63) is 59.7 Å². The van der Waals surface area contributed by atoms with Crippen molar-refractivity contribution in [3.8, 4) is 11.5 Å². The highest BCUT2D eigenvalue weighted by molar-refractivity contribution is 5.81. The van der Waals surface area contributed by atoms with Crippen LogP contribution < -0.4 is 0 Å². The molecule has 6 heteroatoms. The molecule has 0 fully saturated rings. The molecule has 0 aliphatic heterocycles. The van der Waals surface area contributed by atoms with Gasteiger partial charge < -0.3 is 4.42 Å². The molecular formula is C14H10FN3O2. The molecule has 0 N–H and O–H groups in total. The first kappa shape index (κ1) is 12.3. The number of furan rings is 1. The largest absolute Gasteiger partial charge is 0.463 e. The molecule has 0 atom stereocenters. The molecule has 100 valence electrons. The molecule has 1 aromatic carbocycles. The number of rotatable bonds is 4. The van der Waals surface area contributed by atoms with Crippen LogP contribution in [0.2, 0.25) is 0 Å². The molecule has 20 heavy (non-hydrogen) atoms. The van der Waals surface area contributed by atoms with E-state index in [0.717, 1.165) is 5.56 Å². The predicted octanol–water partition coefficient (Wildman–Crippen LogP) is 2.54. The van der Waals surface area contributed by atoms with Crippen LogP contribution in [0.3, 0.4) is 0 Å². The molecule has 5 nitrogen and oxygen atoms in total. The molecule has 0 bridgehead atoms. The summed E-state index contributed by atoms with van der Waals surface area (Å²) in [5, 5.41) is 7.76. The van der Waals surface area contributed by atoms with Crippen molar-refractivity contribution in [1.82, 2.24) is 15.0 Å². The van der Waals surface area contributed by atoms with E-state index < -0.39 is 0 Å². The minimum Gasteiger partial charge on any atom is -0.463 e. The Morgan fingerprint density at radius 1 is 1.25 bits per heavy atom. The molecule has 3 aromatic rings. The Labute approximate surface area is 113 Å². The van der Waals surface area contributed by atoms with E-state index in [2.05, 4.69) is 10.3 Å². The fraction of sp³-hybridized carbons (Fsp3) is 0.0714. The first-order chi connectivity index (χ1) is 9.78. The first-order valence-electron chi connectivity index (χ1n) is 5.95. The van der Waals surface area contributed by atoms with Crippen LogP contribution in [0.15, 0.2) is 47.1 Å². The van der Waals surface area contributed by atoms with Crippen LogP contribution in [-0.2, 0) is 6.54 Å². The van der Waals surface area contributed by atoms with Gasteiger partial charge in [-0.3, -0.25) is 4.79 Å². The third kappa shape index (κ3) is 2.23. The summed E-state index contributed by atoms with van der Waals surface area (Å²) in [4.78, 5) is 11.0. The quantitative estimate of drug-likeness (QED) is 0.684. The first-order valence-corrected chi connectivity index (χ1v) is 5.95. The molecular weight excluding hydrogens is 261 g/mol. The van der Waals surface area contributed by atoms with Gasteiger partial charge in [0.15, 0.2) is 17.7 Å². The molecule has 0 unspecified atom stereocenters. The number of hydrogen-bond acceptors (Lipinski definition) is 4. The van der Waals surface area contributed by atoms with Gasteiger partial charge in [0.25, 0.3) is 0 Å². The number of halogens is 1. The number of aldehydes is 1. The van der Waals surface area contributed by atoms with Gasteiger partial charge in [0.1, 0.15) is 11.5 Å². The SMILES string of the molecule is O=Cc1nnn(Cc2ccc(F)cc2)c1-c1ccco1. The third-order valence-electron chi connectivity index (χ3n) is 2.87. The molecule has 0 saturated heterocycles. The fourth-order valence-electron chi connectivity index (χ4n) is 1.95.